The third-order valence-electron chi connectivity index (χ3n) is 4.28. The predicted octanol–water partition coefficient (Wildman–Crippen LogP) is 1.86. The van der Waals surface area contributed by atoms with Gasteiger partial charge in [0.2, 0.25) is 0 Å². The molecule has 1 atom stereocenters. The molecule has 1 N–H and O–H groups in total. The molecule has 1 aromatic rings. The van der Waals surface area contributed by atoms with Gasteiger partial charge in [0.25, 0.3) is 0 Å². The van der Waals surface area contributed by atoms with Crippen molar-refractivity contribution < 1.29 is 0 Å². The Labute approximate surface area is 110 Å². The molecule has 0 spiro atoms. The number of hydrogen-bond acceptors (Lipinski definition) is 3. The Bertz CT molecular complexity index is 398. The van der Waals surface area contributed by atoms with Crippen LogP contribution in [0.15, 0.2) is 24.3 Å². The molecule has 1 saturated heterocycles. The van der Waals surface area contributed by atoms with Crippen molar-refractivity contribution in [1.29, 1.82) is 0 Å². The predicted molar refractivity (Wildman–Crippen MR) is 76.1 cm³/mol. The van der Waals surface area contributed by atoms with Crippen molar-refractivity contribution in [2.24, 2.45) is 0 Å². The van der Waals surface area contributed by atoms with Crippen molar-refractivity contribution in [2.45, 2.75) is 19.4 Å². The van der Waals surface area contributed by atoms with Crippen LogP contribution < -0.4 is 10.2 Å². The number of para-hydroxylation sites is 1. The monoisotopic (exact) mass is 245 g/mol. The van der Waals surface area contributed by atoms with Crippen LogP contribution in [0.25, 0.3) is 0 Å². The van der Waals surface area contributed by atoms with Crippen molar-refractivity contribution >= 4 is 5.69 Å². The maximum Gasteiger partial charge on any atom is 0.0414 e. The molecule has 3 rings (SSSR count). The van der Waals surface area contributed by atoms with E-state index in [1.165, 1.54) is 37.3 Å². The first kappa shape index (κ1) is 12.0. The second-order valence-electron chi connectivity index (χ2n) is 5.23. The lowest BCUT2D eigenvalue weighted by atomic mass is 9.94. The summed E-state index contributed by atoms with van der Waals surface area (Å²) in [5.41, 5.74) is 2.99. The summed E-state index contributed by atoms with van der Waals surface area (Å²) in [4.78, 5) is 5.16. The number of piperazine rings is 1. The molecule has 3 heteroatoms. The van der Waals surface area contributed by atoms with E-state index < -0.39 is 0 Å². The van der Waals surface area contributed by atoms with Gasteiger partial charge in [-0.25, -0.2) is 0 Å². The van der Waals surface area contributed by atoms with Gasteiger partial charge in [-0.3, -0.25) is 4.90 Å². The van der Waals surface area contributed by atoms with Gasteiger partial charge in [0, 0.05) is 51.0 Å². The molecule has 0 aliphatic carbocycles. The highest BCUT2D eigenvalue weighted by molar-refractivity contribution is 5.56. The fourth-order valence-electron chi connectivity index (χ4n) is 3.31. The van der Waals surface area contributed by atoms with E-state index in [-0.39, 0.29) is 0 Å². The molecule has 1 unspecified atom stereocenters. The summed E-state index contributed by atoms with van der Waals surface area (Å²) in [5, 5.41) is 3.45. The fourth-order valence-corrected chi connectivity index (χ4v) is 3.31. The van der Waals surface area contributed by atoms with E-state index in [9.17, 15) is 0 Å². The summed E-state index contributed by atoms with van der Waals surface area (Å²) in [6, 6.07) is 9.59. The summed E-state index contributed by atoms with van der Waals surface area (Å²) in [5.74, 6) is 0. The lowest BCUT2D eigenvalue weighted by molar-refractivity contribution is 0.163. The summed E-state index contributed by atoms with van der Waals surface area (Å²) in [6.45, 7) is 9.21. The molecule has 98 valence electrons. The minimum absolute atomic E-state index is 0.631. The fraction of sp³-hybridized carbons (Fsp3) is 0.600. The number of nitrogens with zero attached hydrogens (tertiary/aromatic N) is 2. The molecule has 3 nitrogen and oxygen atoms in total. The molecule has 0 amide bonds. The third kappa shape index (κ3) is 2.13. The Balaban J connectivity index is 1.88. The number of nitrogens with one attached hydrogen (secondary N) is 1. The van der Waals surface area contributed by atoms with Gasteiger partial charge in [-0.15, -0.1) is 0 Å². The molecule has 2 heterocycles. The van der Waals surface area contributed by atoms with Crippen LogP contribution in [-0.2, 0) is 0 Å². The second kappa shape index (κ2) is 5.29. The zero-order chi connectivity index (χ0) is 12.4. The number of rotatable bonds is 2. The smallest absolute Gasteiger partial charge is 0.0414 e. The highest BCUT2D eigenvalue weighted by Gasteiger charge is 2.29. The number of fused-ring (bicyclic) bond motifs is 1. The number of anilines is 1. The first-order valence-electron chi connectivity index (χ1n) is 7.19. The van der Waals surface area contributed by atoms with Crippen LogP contribution in [0, 0.1) is 0 Å². The molecule has 0 saturated carbocycles. The normalized spacial score (nSPS) is 24.9. The van der Waals surface area contributed by atoms with Crippen LogP contribution in [0.5, 0.6) is 0 Å². The van der Waals surface area contributed by atoms with Crippen LogP contribution in [-0.4, -0.2) is 44.2 Å². The first-order chi connectivity index (χ1) is 8.90. The SMILES string of the molecule is CCN1CCC(N2CCNCC2)c2ccccc21. The van der Waals surface area contributed by atoms with E-state index in [2.05, 4.69) is 46.3 Å². The third-order valence-corrected chi connectivity index (χ3v) is 4.28. The average Bonchev–Trinajstić information content (AvgIpc) is 2.47. The maximum atomic E-state index is 3.45. The van der Waals surface area contributed by atoms with Crippen LogP contribution in [0.4, 0.5) is 5.69 Å². The van der Waals surface area contributed by atoms with Crippen molar-refractivity contribution in [3.05, 3.63) is 29.8 Å². The number of hydrogen-bond donors (Lipinski definition) is 1. The summed E-state index contributed by atoms with van der Waals surface area (Å²) >= 11 is 0. The van der Waals surface area contributed by atoms with Gasteiger partial charge >= 0.3 is 0 Å². The maximum absolute atomic E-state index is 3.45. The van der Waals surface area contributed by atoms with Crippen molar-refractivity contribution in [3.8, 4) is 0 Å². The van der Waals surface area contributed by atoms with Gasteiger partial charge in [-0.1, -0.05) is 18.2 Å². The number of benzene rings is 1. The molecule has 0 radical (unpaired) electrons. The van der Waals surface area contributed by atoms with E-state index >= 15 is 0 Å². The van der Waals surface area contributed by atoms with Gasteiger partial charge in [-0.05, 0) is 25.0 Å². The van der Waals surface area contributed by atoms with E-state index in [1.807, 2.05) is 0 Å². The zero-order valence-electron chi connectivity index (χ0n) is 11.2. The Morgan fingerprint density at radius 1 is 1.17 bits per heavy atom. The van der Waals surface area contributed by atoms with E-state index in [0.29, 0.717) is 6.04 Å². The Morgan fingerprint density at radius 3 is 2.72 bits per heavy atom. The van der Waals surface area contributed by atoms with E-state index in [1.54, 1.807) is 0 Å². The van der Waals surface area contributed by atoms with E-state index in [4.69, 9.17) is 0 Å². The van der Waals surface area contributed by atoms with Crippen molar-refractivity contribution in [3.63, 3.8) is 0 Å². The highest BCUT2D eigenvalue weighted by Crippen LogP contribution is 2.37. The molecule has 0 aromatic heterocycles. The largest absolute Gasteiger partial charge is 0.371 e. The molecule has 1 fully saturated rings. The molecule has 2 aliphatic rings. The molecular weight excluding hydrogens is 222 g/mol. The van der Waals surface area contributed by atoms with Crippen LogP contribution >= 0.6 is 0 Å². The average molecular weight is 245 g/mol. The molecular formula is C15H23N3. The summed E-state index contributed by atoms with van der Waals surface area (Å²) in [7, 11) is 0. The quantitative estimate of drug-likeness (QED) is 0.858. The van der Waals surface area contributed by atoms with Crippen molar-refractivity contribution in [2.75, 3.05) is 44.2 Å². The highest BCUT2D eigenvalue weighted by atomic mass is 15.2. The Kier molecular flexibility index (Phi) is 3.52. The van der Waals surface area contributed by atoms with Crippen LogP contribution in [0.2, 0.25) is 0 Å². The van der Waals surface area contributed by atoms with Crippen LogP contribution in [0.3, 0.4) is 0 Å². The zero-order valence-corrected chi connectivity index (χ0v) is 11.2. The minimum Gasteiger partial charge on any atom is -0.371 e. The van der Waals surface area contributed by atoms with E-state index in [0.717, 1.165) is 19.6 Å². The first-order valence-corrected chi connectivity index (χ1v) is 7.19. The Hall–Kier alpha value is -1.06. The van der Waals surface area contributed by atoms with Gasteiger partial charge in [0.05, 0.1) is 0 Å². The topological polar surface area (TPSA) is 18.5 Å². The molecule has 0 bridgehead atoms. The molecule has 18 heavy (non-hydrogen) atoms. The van der Waals surface area contributed by atoms with Gasteiger partial charge in [0.15, 0.2) is 0 Å². The van der Waals surface area contributed by atoms with Gasteiger partial charge in [-0.2, -0.15) is 0 Å². The summed E-state index contributed by atoms with van der Waals surface area (Å²) < 4.78 is 0. The second-order valence-corrected chi connectivity index (χ2v) is 5.23. The van der Waals surface area contributed by atoms with Crippen LogP contribution in [0.1, 0.15) is 24.9 Å². The lowest BCUT2D eigenvalue weighted by Gasteiger charge is -2.42. The van der Waals surface area contributed by atoms with Crippen molar-refractivity contribution in [1.82, 2.24) is 10.2 Å². The molecule has 2 aliphatic heterocycles. The van der Waals surface area contributed by atoms with Gasteiger partial charge in [0.1, 0.15) is 0 Å². The molecule has 1 aromatic carbocycles. The lowest BCUT2D eigenvalue weighted by Crippen LogP contribution is -2.47. The summed E-state index contributed by atoms with van der Waals surface area (Å²) in [6.07, 6.45) is 1.27. The van der Waals surface area contributed by atoms with Gasteiger partial charge < -0.3 is 10.2 Å². The standard InChI is InChI=1S/C15H23N3/c1-2-17-10-7-15(18-11-8-16-9-12-18)13-5-3-4-6-14(13)17/h3-6,15-16H,2,7-12H2,1H3. The Morgan fingerprint density at radius 2 is 1.94 bits per heavy atom. The minimum atomic E-state index is 0.631.